The summed E-state index contributed by atoms with van der Waals surface area (Å²) in [6.07, 6.45) is 0. The Labute approximate surface area is 368 Å². The second-order valence-electron chi connectivity index (χ2n) is 16.4. The summed E-state index contributed by atoms with van der Waals surface area (Å²) in [6.45, 7) is 0. The van der Waals surface area contributed by atoms with Crippen LogP contribution in [-0.4, -0.2) is 19.5 Å². The number of nitrogens with zero attached hydrogens (tertiary/aromatic N) is 4. The molecule has 5 nitrogen and oxygen atoms in total. The van der Waals surface area contributed by atoms with E-state index in [9.17, 15) is 0 Å². The first-order chi connectivity index (χ1) is 31.7. The fraction of sp³-hybridized carbons (Fsp3) is 0. The summed E-state index contributed by atoms with van der Waals surface area (Å²) >= 11 is 0. The second-order valence-corrected chi connectivity index (χ2v) is 16.4. The van der Waals surface area contributed by atoms with Crippen LogP contribution in [0.2, 0.25) is 0 Å². The standard InChI is InChI=1S/C59H36N4O/c1-3-14-37(15-4-1)39-26-29-41(30-27-39)57-60-58(43-31-28-38-16-7-8-19-42(38)34-43)62-59(61-57)48-23-13-25-54-56(48)50-35-44(32-33-53(50)64-54)63-51-24-12-11-22-47(51)55-46-21-10-9-20-45(46)49(36-52(55)63)40-17-5-2-6-18-40/h1-36H. The minimum absolute atomic E-state index is 0.579. The van der Waals surface area contributed by atoms with Gasteiger partial charge < -0.3 is 8.98 Å². The van der Waals surface area contributed by atoms with E-state index in [1.807, 2.05) is 18.2 Å². The fourth-order valence-electron chi connectivity index (χ4n) is 9.63. The van der Waals surface area contributed by atoms with Gasteiger partial charge in [0.05, 0.1) is 11.0 Å². The number of hydrogen-bond donors (Lipinski definition) is 0. The highest BCUT2D eigenvalue weighted by Gasteiger charge is 2.21. The summed E-state index contributed by atoms with van der Waals surface area (Å²) in [7, 11) is 0. The topological polar surface area (TPSA) is 56.7 Å². The van der Waals surface area contributed by atoms with Gasteiger partial charge in [0.15, 0.2) is 17.5 Å². The number of aromatic nitrogens is 4. The zero-order chi connectivity index (χ0) is 42.1. The molecule has 0 N–H and O–H groups in total. The molecule has 0 amide bonds. The average Bonchev–Trinajstić information content (AvgIpc) is 3.92. The lowest BCUT2D eigenvalue weighted by Crippen LogP contribution is -2.00. The highest BCUT2D eigenvalue weighted by Crippen LogP contribution is 2.43. The molecule has 0 radical (unpaired) electrons. The van der Waals surface area contributed by atoms with Crippen LogP contribution in [0.4, 0.5) is 0 Å². The normalized spacial score (nSPS) is 11.8. The molecule has 0 saturated heterocycles. The summed E-state index contributed by atoms with van der Waals surface area (Å²) in [4.78, 5) is 15.7. The Balaban J connectivity index is 1.03. The molecule has 0 bridgehead atoms. The van der Waals surface area contributed by atoms with Crippen molar-refractivity contribution in [1.29, 1.82) is 0 Å². The van der Waals surface area contributed by atoms with Crippen LogP contribution in [0, 0.1) is 0 Å². The maximum Gasteiger partial charge on any atom is 0.164 e. The van der Waals surface area contributed by atoms with Gasteiger partial charge >= 0.3 is 0 Å². The van der Waals surface area contributed by atoms with Gasteiger partial charge in [0, 0.05) is 43.9 Å². The quantitative estimate of drug-likeness (QED) is 0.168. The molecule has 0 atom stereocenters. The number of hydrogen-bond acceptors (Lipinski definition) is 4. The predicted molar refractivity (Wildman–Crippen MR) is 264 cm³/mol. The Morgan fingerprint density at radius 3 is 1.75 bits per heavy atom. The molecule has 0 aliphatic heterocycles. The number of benzene rings is 10. The Bertz CT molecular complexity index is 3940. The van der Waals surface area contributed by atoms with Crippen molar-refractivity contribution in [2.24, 2.45) is 0 Å². The van der Waals surface area contributed by atoms with E-state index in [0.717, 1.165) is 77.2 Å². The van der Waals surface area contributed by atoms with Crippen LogP contribution in [-0.2, 0) is 0 Å². The van der Waals surface area contributed by atoms with Crippen LogP contribution in [0.25, 0.3) is 127 Å². The maximum absolute atomic E-state index is 6.65. The molecule has 298 valence electrons. The molecule has 5 heteroatoms. The Morgan fingerprint density at radius 2 is 0.938 bits per heavy atom. The Hall–Kier alpha value is -8.67. The molecule has 0 aliphatic rings. The summed E-state index contributed by atoms with van der Waals surface area (Å²) in [6, 6.07) is 76.9. The first kappa shape index (κ1) is 36.0. The molecule has 13 aromatic rings. The van der Waals surface area contributed by atoms with Crippen molar-refractivity contribution in [3.05, 3.63) is 218 Å². The molecular formula is C59H36N4O. The lowest BCUT2D eigenvalue weighted by atomic mass is 9.95. The van der Waals surface area contributed by atoms with Gasteiger partial charge in [-0.1, -0.05) is 176 Å². The van der Waals surface area contributed by atoms with Crippen molar-refractivity contribution in [1.82, 2.24) is 19.5 Å². The van der Waals surface area contributed by atoms with Crippen molar-refractivity contribution >= 4 is 65.3 Å². The van der Waals surface area contributed by atoms with Crippen molar-refractivity contribution in [2.75, 3.05) is 0 Å². The minimum atomic E-state index is 0.579. The van der Waals surface area contributed by atoms with Crippen molar-refractivity contribution in [2.45, 2.75) is 0 Å². The molecule has 3 heterocycles. The van der Waals surface area contributed by atoms with Gasteiger partial charge in [-0.05, 0) is 86.3 Å². The minimum Gasteiger partial charge on any atom is -0.456 e. The molecule has 13 rings (SSSR count). The first-order valence-corrected chi connectivity index (χ1v) is 21.6. The SMILES string of the molecule is c1ccc(-c2ccc(-c3nc(-c4ccc5ccccc5c4)nc(-c4cccc5oc6ccc(-n7c8ccccc8c8c9ccccc9c(-c9ccccc9)cc87)cc6c45)n3)cc2)cc1. The van der Waals surface area contributed by atoms with Gasteiger partial charge in [0.2, 0.25) is 0 Å². The lowest BCUT2D eigenvalue weighted by Gasteiger charge is -2.12. The van der Waals surface area contributed by atoms with E-state index < -0.39 is 0 Å². The highest BCUT2D eigenvalue weighted by atomic mass is 16.3. The first-order valence-electron chi connectivity index (χ1n) is 21.6. The molecule has 0 unspecified atom stereocenters. The van der Waals surface area contributed by atoms with E-state index in [0.29, 0.717) is 17.5 Å². The van der Waals surface area contributed by atoms with Crippen LogP contribution in [0.1, 0.15) is 0 Å². The van der Waals surface area contributed by atoms with E-state index in [-0.39, 0.29) is 0 Å². The summed E-state index contributed by atoms with van der Waals surface area (Å²) < 4.78 is 9.05. The molecule has 3 aromatic heterocycles. The zero-order valence-corrected chi connectivity index (χ0v) is 34.5. The van der Waals surface area contributed by atoms with Crippen molar-refractivity contribution in [3.8, 4) is 62.1 Å². The molecule has 0 saturated carbocycles. The van der Waals surface area contributed by atoms with Crippen LogP contribution >= 0.6 is 0 Å². The Morgan fingerprint density at radius 1 is 0.312 bits per heavy atom. The van der Waals surface area contributed by atoms with E-state index >= 15 is 0 Å². The third-order valence-corrected chi connectivity index (χ3v) is 12.6. The number of para-hydroxylation sites is 1. The zero-order valence-electron chi connectivity index (χ0n) is 34.5. The van der Waals surface area contributed by atoms with Crippen molar-refractivity contribution in [3.63, 3.8) is 0 Å². The van der Waals surface area contributed by atoms with Crippen molar-refractivity contribution < 1.29 is 4.42 Å². The largest absolute Gasteiger partial charge is 0.456 e. The smallest absolute Gasteiger partial charge is 0.164 e. The van der Waals surface area contributed by atoms with Gasteiger partial charge in [-0.3, -0.25) is 0 Å². The molecule has 64 heavy (non-hydrogen) atoms. The molecule has 0 aliphatic carbocycles. The number of fused-ring (bicyclic) bond motifs is 9. The maximum atomic E-state index is 6.65. The highest BCUT2D eigenvalue weighted by molar-refractivity contribution is 6.24. The monoisotopic (exact) mass is 816 g/mol. The summed E-state index contributed by atoms with van der Waals surface area (Å²) in [5.74, 6) is 1.79. The number of furan rings is 1. The molecule has 0 spiro atoms. The van der Waals surface area contributed by atoms with E-state index in [1.54, 1.807) is 0 Å². The third kappa shape index (κ3) is 5.83. The fourth-order valence-corrected chi connectivity index (χ4v) is 9.63. The summed E-state index contributed by atoms with van der Waals surface area (Å²) in [5.41, 5.74) is 12.3. The number of rotatable bonds is 6. The van der Waals surface area contributed by atoms with E-state index in [4.69, 9.17) is 19.4 Å². The van der Waals surface area contributed by atoms with Crippen LogP contribution < -0.4 is 0 Å². The predicted octanol–water partition coefficient (Wildman–Crippen LogP) is 15.5. The molecular weight excluding hydrogens is 781 g/mol. The average molecular weight is 817 g/mol. The summed E-state index contributed by atoms with van der Waals surface area (Å²) in [5, 5.41) is 9.14. The lowest BCUT2D eigenvalue weighted by molar-refractivity contribution is 0.669. The molecule has 0 fully saturated rings. The van der Waals surface area contributed by atoms with Gasteiger partial charge in [-0.25, -0.2) is 15.0 Å². The van der Waals surface area contributed by atoms with Crippen LogP contribution in [0.15, 0.2) is 223 Å². The second kappa shape index (κ2) is 14.5. The van der Waals surface area contributed by atoms with E-state index in [1.165, 1.54) is 32.7 Å². The van der Waals surface area contributed by atoms with Crippen LogP contribution in [0.3, 0.4) is 0 Å². The van der Waals surface area contributed by atoms with Gasteiger partial charge in [0.1, 0.15) is 11.2 Å². The van der Waals surface area contributed by atoms with Gasteiger partial charge in [-0.15, -0.1) is 0 Å². The van der Waals surface area contributed by atoms with Gasteiger partial charge in [-0.2, -0.15) is 0 Å². The van der Waals surface area contributed by atoms with E-state index in [2.05, 4.69) is 205 Å². The third-order valence-electron chi connectivity index (χ3n) is 12.6. The molecule has 10 aromatic carbocycles. The van der Waals surface area contributed by atoms with Crippen LogP contribution in [0.5, 0.6) is 0 Å². The Kier molecular flexibility index (Phi) is 8.15. The van der Waals surface area contributed by atoms with Gasteiger partial charge in [0.25, 0.3) is 0 Å².